The van der Waals surface area contributed by atoms with Gasteiger partial charge in [0.15, 0.2) is 0 Å². The molecule has 1 heterocycles. The number of likely N-dealkylation sites (N-methyl/N-ethyl adjacent to an activating group) is 1. The first-order chi connectivity index (χ1) is 9.16. The molecule has 1 aliphatic rings. The van der Waals surface area contributed by atoms with E-state index in [9.17, 15) is 5.11 Å². The summed E-state index contributed by atoms with van der Waals surface area (Å²) in [4.78, 5) is 4.66. The van der Waals surface area contributed by atoms with E-state index >= 15 is 0 Å². The van der Waals surface area contributed by atoms with Gasteiger partial charge in [-0.1, -0.05) is 29.8 Å². The van der Waals surface area contributed by atoms with Crippen LogP contribution < -0.4 is 0 Å². The van der Waals surface area contributed by atoms with Gasteiger partial charge < -0.3 is 14.9 Å². The molecular formula is C15H23ClN2O. The summed E-state index contributed by atoms with van der Waals surface area (Å²) in [7, 11) is 2.05. The third-order valence-electron chi connectivity index (χ3n) is 3.75. The molecule has 0 aliphatic carbocycles. The van der Waals surface area contributed by atoms with E-state index in [1.54, 1.807) is 0 Å². The van der Waals surface area contributed by atoms with Gasteiger partial charge >= 0.3 is 0 Å². The normalized spacial score (nSPS) is 18.1. The van der Waals surface area contributed by atoms with Gasteiger partial charge in [-0.3, -0.25) is 0 Å². The van der Waals surface area contributed by atoms with Gasteiger partial charge in [-0.15, -0.1) is 0 Å². The number of hydrogen-bond acceptors (Lipinski definition) is 3. The van der Waals surface area contributed by atoms with E-state index in [0.29, 0.717) is 11.6 Å². The number of likely N-dealkylation sites (tertiary alicyclic amines) is 1. The maximum atomic E-state index is 10.2. The van der Waals surface area contributed by atoms with Crippen LogP contribution in [0.1, 0.15) is 24.5 Å². The summed E-state index contributed by atoms with van der Waals surface area (Å²) < 4.78 is 0. The Bertz CT molecular complexity index is 393. The number of aliphatic hydroxyl groups is 1. The van der Waals surface area contributed by atoms with Crippen LogP contribution in [0, 0.1) is 0 Å². The SMILES string of the molecule is CN(CCN1CCCC1)CC(O)c1ccccc1Cl. The predicted octanol–water partition coefficient (Wildman–Crippen LogP) is 2.40. The van der Waals surface area contributed by atoms with Crippen LogP contribution in [0.4, 0.5) is 0 Å². The lowest BCUT2D eigenvalue weighted by atomic mass is 10.1. The molecule has 0 spiro atoms. The predicted molar refractivity (Wildman–Crippen MR) is 79.6 cm³/mol. The Kier molecular flexibility index (Phi) is 5.64. The Labute approximate surface area is 120 Å². The fraction of sp³-hybridized carbons (Fsp3) is 0.600. The van der Waals surface area contributed by atoms with Gasteiger partial charge in [0.05, 0.1) is 6.10 Å². The molecule has 1 atom stereocenters. The van der Waals surface area contributed by atoms with E-state index in [4.69, 9.17) is 11.6 Å². The van der Waals surface area contributed by atoms with Gasteiger partial charge in [-0.2, -0.15) is 0 Å². The lowest BCUT2D eigenvalue weighted by molar-refractivity contribution is 0.121. The zero-order chi connectivity index (χ0) is 13.7. The van der Waals surface area contributed by atoms with Gasteiger partial charge in [0, 0.05) is 30.2 Å². The zero-order valence-electron chi connectivity index (χ0n) is 11.6. The van der Waals surface area contributed by atoms with E-state index in [0.717, 1.165) is 18.7 Å². The first-order valence-electron chi connectivity index (χ1n) is 7.00. The van der Waals surface area contributed by atoms with Crippen molar-refractivity contribution in [3.8, 4) is 0 Å². The molecule has 1 aliphatic heterocycles. The summed E-state index contributed by atoms with van der Waals surface area (Å²) in [5, 5.41) is 10.9. The minimum atomic E-state index is -0.516. The molecule has 1 N–H and O–H groups in total. The molecule has 0 amide bonds. The Morgan fingerprint density at radius 3 is 2.68 bits per heavy atom. The molecule has 106 valence electrons. The van der Waals surface area contributed by atoms with Crippen LogP contribution in [0.15, 0.2) is 24.3 Å². The maximum absolute atomic E-state index is 10.2. The monoisotopic (exact) mass is 282 g/mol. The fourth-order valence-corrected chi connectivity index (χ4v) is 2.81. The summed E-state index contributed by atoms with van der Waals surface area (Å²) in [5.41, 5.74) is 0.817. The molecule has 1 saturated heterocycles. The largest absolute Gasteiger partial charge is 0.387 e. The molecule has 3 nitrogen and oxygen atoms in total. The molecule has 0 bridgehead atoms. The molecule has 0 aromatic heterocycles. The van der Waals surface area contributed by atoms with Crippen molar-refractivity contribution in [1.82, 2.24) is 9.80 Å². The first-order valence-corrected chi connectivity index (χ1v) is 7.38. The second kappa shape index (κ2) is 7.25. The number of benzene rings is 1. The van der Waals surface area contributed by atoms with Crippen LogP contribution in [-0.4, -0.2) is 54.7 Å². The van der Waals surface area contributed by atoms with E-state index in [2.05, 4.69) is 16.8 Å². The van der Waals surface area contributed by atoms with Crippen molar-refractivity contribution < 1.29 is 5.11 Å². The van der Waals surface area contributed by atoms with Crippen molar-refractivity contribution in [3.05, 3.63) is 34.9 Å². The van der Waals surface area contributed by atoms with Gasteiger partial charge in [-0.25, -0.2) is 0 Å². The average molecular weight is 283 g/mol. The Hall–Kier alpha value is -0.610. The minimum absolute atomic E-state index is 0.516. The smallest absolute Gasteiger partial charge is 0.0931 e. The Morgan fingerprint density at radius 1 is 1.32 bits per heavy atom. The third-order valence-corrected chi connectivity index (χ3v) is 4.09. The standard InChI is InChI=1S/C15H23ClN2O/c1-17(10-11-18-8-4-5-9-18)12-15(19)13-6-2-3-7-14(13)16/h2-3,6-7,15,19H,4-5,8-12H2,1H3. The highest BCUT2D eigenvalue weighted by Crippen LogP contribution is 2.22. The van der Waals surface area contributed by atoms with E-state index in [-0.39, 0.29) is 0 Å². The Morgan fingerprint density at radius 2 is 2.00 bits per heavy atom. The number of halogens is 1. The molecule has 0 radical (unpaired) electrons. The van der Waals surface area contributed by atoms with E-state index < -0.39 is 6.10 Å². The highest BCUT2D eigenvalue weighted by molar-refractivity contribution is 6.31. The number of aliphatic hydroxyl groups excluding tert-OH is 1. The molecular weight excluding hydrogens is 260 g/mol. The number of rotatable bonds is 6. The van der Waals surface area contributed by atoms with Crippen LogP contribution in [0.25, 0.3) is 0 Å². The summed E-state index contributed by atoms with van der Waals surface area (Å²) in [6.07, 6.45) is 2.13. The van der Waals surface area contributed by atoms with Crippen molar-refractivity contribution >= 4 is 11.6 Å². The third kappa shape index (κ3) is 4.46. The molecule has 1 unspecified atom stereocenters. The summed E-state index contributed by atoms with van der Waals surface area (Å²) >= 11 is 6.10. The van der Waals surface area contributed by atoms with E-state index in [1.807, 2.05) is 24.3 Å². The van der Waals surface area contributed by atoms with Gasteiger partial charge in [0.2, 0.25) is 0 Å². The molecule has 1 aromatic carbocycles. The van der Waals surface area contributed by atoms with Gasteiger partial charge in [-0.05, 0) is 39.0 Å². The Balaban J connectivity index is 1.78. The topological polar surface area (TPSA) is 26.7 Å². The lowest BCUT2D eigenvalue weighted by Gasteiger charge is -2.24. The van der Waals surface area contributed by atoms with Crippen molar-refractivity contribution in [2.45, 2.75) is 18.9 Å². The zero-order valence-corrected chi connectivity index (χ0v) is 12.3. The molecule has 2 rings (SSSR count). The van der Waals surface area contributed by atoms with Gasteiger partial charge in [0.25, 0.3) is 0 Å². The summed E-state index contributed by atoms with van der Waals surface area (Å²) in [6.45, 7) is 5.15. The van der Waals surface area contributed by atoms with Crippen molar-refractivity contribution in [1.29, 1.82) is 0 Å². The fourth-order valence-electron chi connectivity index (χ4n) is 2.55. The molecule has 4 heteroatoms. The highest BCUT2D eigenvalue weighted by Gasteiger charge is 2.15. The average Bonchev–Trinajstić information content (AvgIpc) is 2.90. The van der Waals surface area contributed by atoms with Gasteiger partial charge in [0.1, 0.15) is 0 Å². The number of nitrogens with zero attached hydrogens (tertiary/aromatic N) is 2. The van der Waals surface area contributed by atoms with Crippen LogP contribution in [-0.2, 0) is 0 Å². The second-order valence-corrected chi connectivity index (χ2v) is 5.76. The first kappa shape index (κ1) is 14.8. The minimum Gasteiger partial charge on any atom is -0.387 e. The van der Waals surface area contributed by atoms with Crippen LogP contribution in [0.3, 0.4) is 0 Å². The number of hydrogen-bond donors (Lipinski definition) is 1. The lowest BCUT2D eigenvalue weighted by Crippen LogP contribution is -2.33. The second-order valence-electron chi connectivity index (χ2n) is 5.35. The molecule has 1 aromatic rings. The van der Waals surface area contributed by atoms with Crippen molar-refractivity contribution in [2.24, 2.45) is 0 Å². The van der Waals surface area contributed by atoms with E-state index in [1.165, 1.54) is 25.9 Å². The molecule has 19 heavy (non-hydrogen) atoms. The quantitative estimate of drug-likeness (QED) is 0.868. The maximum Gasteiger partial charge on any atom is 0.0931 e. The van der Waals surface area contributed by atoms with Crippen LogP contribution >= 0.6 is 11.6 Å². The molecule has 0 saturated carbocycles. The molecule has 1 fully saturated rings. The van der Waals surface area contributed by atoms with Crippen LogP contribution in [0.5, 0.6) is 0 Å². The van der Waals surface area contributed by atoms with Crippen molar-refractivity contribution in [3.63, 3.8) is 0 Å². The van der Waals surface area contributed by atoms with Crippen molar-refractivity contribution in [2.75, 3.05) is 39.8 Å². The summed E-state index contributed by atoms with van der Waals surface area (Å²) in [5.74, 6) is 0. The van der Waals surface area contributed by atoms with Crippen LogP contribution in [0.2, 0.25) is 5.02 Å². The highest BCUT2D eigenvalue weighted by atomic mass is 35.5. The summed E-state index contributed by atoms with van der Waals surface area (Å²) in [6, 6.07) is 7.51.